The van der Waals surface area contributed by atoms with Gasteiger partial charge in [0.15, 0.2) is 0 Å². The predicted molar refractivity (Wildman–Crippen MR) is 70.4 cm³/mol. The molecule has 0 saturated carbocycles. The quantitative estimate of drug-likeness (QED) is 0.603. The fourth-order valence-corrected chi connectivity index (χ4v) is 2.34. The zero-order valence-electron chi connectivity index (χ0n) is 10.5. The van der Waals surface area contributed by atoms with Crippen LogP contribution in [0.3, 0.4) is 0 Å². The minimum absolute atomic E-state index is 0.0419. The number of carbonyl (C=O) groups is 1. The highest BCUT2D eigenvalue weighted by Gasteiger charge is 2.36. The summed E-state index contributed by atoms with van der Waals surface area (Å²) in [6.45, 7) is -0.00996. The van der Waals surface area contributed by atoms with Gasteiger partial charge < -0.3 is 4.90 Å². The molecule has 1 aliphatic heterocycles. The first-order valence-corrected chi connectivity index (χ1v) is 6.57. The molecule has 108 valence electrons. The van der Waals surface area contributed by atoms with Crippen molar-refractivity contribution in [2.24, 2.45) is 0 Å². The lowest BCUT2D eigenvalue weighted by Gasteiger charge is -2.29. The fraction of sp³-hybridized carbons (Fsp3) is 0.357. The number of benzene rings is 1. The van der Waals surface area contributed by atoms with Gasteiger partial charge in [0, 0.05) is 18.7 Å². The van der Waals surface area contributed by atoms with Crippen molar-refractivity contribution >= 4 is 17.5 Å². The zero-order chi connectivity index (χ0) is 14.8. The first-order valence-electron chi connectivity index (χ1n) is 6.13. The van der Waals surface area contributed by atoms with E-state index in [4.69, 9.17) is 11.6 Å². The number of rotatable bonds is 2. The molecule has 0 N–H and O–H groups in total. The van der Waals surface area contributed by atoms with Crippen molar-refractivity contribution in [3.8, 4) is 0 Å². The molecule has 0 bridgehead atoms. The van der Waals surface area contributed by atoms with E-state index < -0.39 is 17.1 Å². The van der Waals surface area contributed by atoms with E-state index in [0.717, 1.165) is 6.08 Å². The number of hydrogen-bond donors (Lipinski definition) is 0. The Labute approximate surface area is 119 Å². The van der Waals surface area contributed by atoms with Crippen LogP contribution >= 0.6 is 11.6 Å². The molecular weight excluding hydrogens is 291 g/mol. The van der Waals surface area contributed by atoms with Gasteiger partial charge in [-0.05, 0) is 12.0 Å². The first kappa shape index (κ1) is 14.9. The summed E-state index contributed by atoms with van der Waals surface area (Å²) in [7, 11) is 0. The van der Waals surface area contributed by atoms with E-state index in [1.165, 1.54) is 4.90 Å². The van der Waals surface area contributed by atoms with Crippen molar-refractivity contribution in [3.63, 3.8) is 0 Å². The molecule has 1 heterocycles. The molecule has 0 aliphatic carbocycles. The van der Waals surface area contributed by atoms with Gasteiger partial charge in [0.05, 0.1) is 0 Å². The van der Waals surface area contributed by atoms with Crippen LogP contribution < -0.4 is 0 Å². The SMILES string of the molecule is O=C(C(Cl)c1ccccc1)N1CC=C(C(F)(F)F)CC1. The van der Waals surface area contributed by atoms with Gasteiger partial charge in [-0.25, -0.2) is 0 Å². The molecule has 1 amide bonds. The third-order valence-corrected chi connectivity index (χ3v) is 3.63. The van der Waals surface area contributed by atoms with Crippen molar-refractivity contribution in [2.45, 2.75) is 18.0 Å². The summed E-state index contributed by atoms with van der Waals surface area (Å²) < 4.78 is 37.5. The van der Waals surface area contributed by atoms with Gasteiger partial charge in [0.1, 0.15) is 5.38 Å². The Morgan fingerprint density at radius 3 is 2.40 bits per heavy atom. The maximum absolute atomic E-state index is 12.5. The van der Waals surface area contributed by atoms with E-state index in [1.54, 1.807) is 30.3 Å². The average molecular weight is 304 g/mol. The van der Waals surface area contributed by atoms with Crippen LogP contribution in [0.15, 0.2) is 42.0 Å². The standard InChI is InChI=1S/C14H13ClF3NO/c15-12(10-4-2-1-3-5-10)13(20)19-8-6-11(7-9-19)14(16,17)18/h1-6,12H,7-9H2. The summed E-state index contributed by atoms with van der Waals surface area (Å²) in [6, 6.07) is 8.76. The van der Waals surface area contributed by atoms with E-state index in [-0.39, 0.29) is 25.4 Å². The fourth-order valence-electron chi connectivity index (χ4n) is 2.05. The van der Waals surface area contributed by atoms with Crippen LogP contribution in [-0.2, 0) is 4.79 Å². The Hall–Kier alpha value is -1.49. The molecule has 1 unspecified atom stereocenters. The third kappa shape index (κ3) is 3.33. The Morgan fingerprint density at radius 1 is 1.25 bits per heavy atom. The third-order valence-electron chi connectivity index (χ3n) is 3.19. The van der Waals surface area contributed by atoms with Crippen molar-refractivity contribution in [3.05, 3.63) is 47.5 Å². The number of halogens is 4. The van der Waals surface area contributed by atoms with Gasteiger partial charge in [-0.1, -0.05) is 36.4 Å². The molecule has 1 aliphatic rings. The van der Waals surface area contributed by atoms with Gasteiger partial charge in [0.2, 0.25) is 5.91 Å². The monoisotopic (exact) mass is 303 g/mol. The lowest BCUT2D eigenvalue weighted by Crippen LogP contribution is -2.38. The first-order chi connectivity index (χ1) is 9.39. The molecule has 1 aromatic carbocycles. The Morgan fingerprint density at radius 2 is 1.90 bits per heavy atom. The zero-order valence-corrected chi connectivity index (χ0v) is 11.3. The molecule has 0 spiro atoms. The van der Waals surface area contributed by atoms with Crippen molar-refractivity contribution in [1.29, 1.82) is 0 Å². The van der Waals surface area contributed by atoms with E-state index in [1.807, 2.05) is 0 Å². The number of amides is 1. The van der Waals surface area contributed by atoms with Crippen LogP contribution in [0, 0.1) is 0 Å². The Kier molecular flexibility index (Phi) is 4.38. The number of nitrogens with zero attached hydrogens (tertiary/aromatic N) is 1. The molecule has 0 fully saturated rings. The second-order valence-corrected chi connectivity index (χ2v) is 4.97. The number of hydrogen-bond acceptors (Lipinski definition) is 1. The van der Waals surface area contributed by atoms with E-state index in [0.29, 0.717) is 5.56 Å². The molecule has 0 aromatic heterocycles. The van der Waals surface area contributed by atoms with Crippen LogP contribution in [0.5, 0.6) is 0 Å². The summed E-state index contributed by atoms with van der Waals surface area (Å²) >= 11 is 6.08. The number of alkyl halides is 4. The normalized spacial score (nSPS) is 17.6. The molecule has 1 aromatic rings. The van der Waals surface area contributed by atoms with Crippen molar-refractivity contribution in [2.75, 3.05) is 13.1 Å². The maximum atomic E-state index is 12.5. The molecule has 1 atom stereocenters. The van der Waals surface area contributed by atoms with Gasteiger partial charge in [-0.15, -0.1) is 11.6 Å². The average Bonchev–Trinajstić information content (AvgIpc) is 2.46. The highest BCUT2D eigenvalue weighted by Crippen LogP contribution is 2.31. The van der Waals surface area contributed by atoms with E-state index in [2.05, 4.69) is 0 Å². The van der Waals surface area contributed by atoms with E-state index >= 15 is 0 Å². The summed E-state index contributed by atoms with van der Waals surface area (Å²) in [6.07, 6.45) is -3.45. The molecule has 2 rings (SSSR count). The lowest BCUT2D eigenvalue weighted by molar-refractivity contribution is -0.131. The highest BCUT2D eigenvalue weighted by molar-refractivity contribution is 6.30. The van der Waals surface area contributed by atoms with E-state index in [9.17, 15) is 18.0 Å². The largest absolute Gasteiger partial charge is 0.412 e. The minimum Gasteiger partial charge on any atom is -0.337 e. The maximum Gasteiger partial charge on any atom is 0.412 e. The molecule has 2 nitrogen and oxygen atoms in total. The Balaban J connectivity index is 2.04. The van der Waals surface area contributed by atoms with Gasteiger partial charge in [-0.2, -0.15) is 13.2 Å². The van der Waals surface area contributed by atoms with Gasteiger partial charge >= 0.3 is 6.18 Å². The van der Waals surface area contributed by atoms with Crippen molar-refractivity contribution < 1.29 is 18.0 Å². The molecule has 0 saturated heterocycles. The topological polar surface area (TPSA) is 20.3 Å². The molecule has 0 radical (unpaired) electrons. The van der Waals surface area contributed by atoms with Gasteiger partial charge in [-0.3, -0.25) is 4.79 Å². The summed E-state index contributed by atoms with van der Waals surface area (Å²) in [5.41, 5.74) is 0.0668. The van der Waals surface area contributed by atoms with Crippen LogP contribution in [-0.4, -0.2) is 30.1 Å². The molecule has 20 heavy (non-hydrogen) atoms. The van der Waals surface area contributed by atoms with Gasteiger partial charge in [0.25, 0.3) is 0 Å². The second-order valence-electron chi connectivity index (χ2n) is 4.53. The highest BCUT2D eigenvalue weighted by atomic mass is 35.5. The summed E-state index contributed by atoms with van der Waals surface area (Å²) in [4.78, 5) is 13.5. The van der Waals surface area contributed by atoms with Crippen LogP contribution in [0.2, 0.25) is 0 Å². The minimum atomic E-state index is -4.31. The lowest BCUT2D eigenvalue weighted by atomic mass is 10.1. The van der Waals surface area contributed by atoms with Crippen LogP contribution in [0.25, 0.3) is 0 Å². The van der Waals surface area contributed by atoms with Crippen LogP contribution in [0.1, 0.15) is 17.4 Å². The smallest absolute Gasteiger partial charge is 0.337 e. The Bertz CT molecular complexity index is 513. The van der Waals surface area contributed by atoms with Crippen molar-refractivity contribution in [1.82, 2.24) is 4.90 Å². The summed E-state index contributed by atoms with van der Waals surface area (Å²) in [5, 5.41) is -0.864. The molecule has 6 heteroatoms. The van der Waals surface area contributed by atoms with Crippen LogP contribution in [0.4, 0.5) is 13.2 Å². The second kappa shape index (κ2) is 5.87. The molecular formula is C14H13ClF3NO. The summed E-state index contributed by atoms with van der Waals surface area (Å²) in [5.74, 6) is -0.365. The predicted octanol–water partition coefficient (Wildman–Crippen LogP) is 3.69. The number of carbonyl (C=O) groups excluding carboxylic acids is 1.